The van der Waals surface area contributed by atoms with Crippen LogP contribution >= 0.6 is 0 Å². The van der Waals surface area contributed by atoms with Crippen LogP contribution in [0.2, 0.25) is 0 Å². The molecule has 0 radical (unpaired) electrons. The molecule has 2 saturated heterocycles. The lowest BCUT2D eigenvalue weighted by Gasteiger charge is -2.42. The van der Waals surface area contributed by atoms with Gasteiger partial charge in [-0.15, -0.1) is 0 Å². The molecule has 178 valence electrons. The highest BCUT2D eigenvalue weighted by molar-refractivity contribution is 5.67. The number of ether oxygens (including phenoxy) is 2. The number of amides is 1. The number of nitrogens with zero attached hydrogens (tertiary/aromatic N) is 2. The molecule has 0 aromatic heterocycles. The van der Waals surface area contributed by atoms with Gasteiger partial charge in [0.05, 0.1) is 5.60 Å². The molecular weight excluding hydrogens is 404 g/mol. The van der Waals surface area contributed by atoms with E-state index in [1.54, 1.807) is 4.90 Å². The zero-order chi connectivity index (χ0) is 22.4. The summed E-state index contributed by atoms with van der Waals surface area (Å²) in [6.07, 6.45) is 10.2. The van der Waals surface area contributed by atoms with Crippen LogP contribution in [0.15, 0.2) is 30.3 Å². The number of rotatable bonds is 7. The largest absolute Gasteiger partial charge is 0.445 e. The maximum absolute atomic E-state index is 12.6. The van der Waals surface area contributed by atoms with Crippen LogP contribution in [0.1, 0.15) is 76.7 Å². The molecule has 6 heteroatoms. The molecule has 4 rings (SSSR count). The minimum Gasteiger partial charge on any atom is -0.445 e. The molecule has 1 amide bonds. The van der Waals surface area contributed by atoms with Gasteiger partial charge in [0.1, 0.15) is 6.61 Å². The van der Waals surface area contributed by atoms with Gasteiger partial charge in [-0.2, -0.15) is 0 Å². The Kier molecular flexibility index (Phi) is 8.08. The van der Waals surface area contributed by atoms with Crippen molar-refractivity contribution in [3.8, 4) is 0 Å². The summed E-state index contributed by atoms with van der Waals surface area (Å²) in [6, 6.07) is 10.0. The summed E-state index contributed by atoms with van der Waals surface area (Å²) in [5.74, 6) is 0.661. The number of carbonyl (C=O) groups excluding carboxylic acids is 1. The first-order valence-corrected chi connectivity index (χ1v) is 12.7. The van der Waals surface area contributed by atoms with Crippen LogP contribution in [0, 0.1) is 5.92 Å². The Morgan fingerprint density at radius 2 is 1.88 bits per heavy atom. The molecule has 0 bridgehead atoms. The Morgan fingerprint density at radius 1 is 1.16 bits per heavy atom. The van der Waals surface area contributed by atoms with E-state index in [0.29, 0.717) is 25.6 Å². The topological polar surface area (TPSA) is 62.2 Å². The van der Waals surface area contributed by atoms with Crippen molar-refractivity contribution in [3.63, 3.8) is 0 Å². The Morgan fingerprint density at radius 3 is 2.56 bits per heavy atom. The van der Waals surface area contributed by atoms with E-state index in [-0.39, 0.29) is 17.7 Å². The molecule has 6 nitrogen and oxygen atoms in total. The summed E-state index contributed by atoms with van der Waals surface area (Å²) in [5, 5.41) is 10.9. The Bertz CT molecular complexity index is 714. The summed E-state index contributed by atoms with van der Waals surface area (Å²) in [6.45, 7) is 4.67. The second-order valence-corrected chi connectivity index (χ2v) is 9.89. The fourth-order valence-corrected chi connectivity index (χ4v) is 5.85. The van der Waals surface area contributed by atoms with E-state index in [1.807, 2.05) is 30.3 Å². The highest BCUT2D eigenvalue weighted by atomic mass is 16.7. The van der Waals surface area contributed by atoms with Crippen molar-refractivity contribution < 1.29 is 19.4 Å². The standard InChI is InChI=1S/C26H40N2O4/c1-2-3-14-23-26(32-25(30)28(23)19-21-10-6-4-7-11-21)15-17-27(18-16-26)24(29)31-20-22-12-8-5-9-13-22/h5,8-9,12-13,21,23,25,30H,2-4,6-7,10-11,14-20H2,1H3. The number of unbranched alkanes of at least 4 members (excludes halogenated alkanes) is 1. The lowest BCUT2D eigenvalue weighted by Crippen LogP contribution is -2.54. The van der Waals surface area contributed by atoms with Crippen molar-refractivity contribution >= 4 is 6.09 Å². The molecule has 2 atom stereocenters. The number of hydrogen-bond donors (Lipinski definition) is 1. The molecule has 1 aromatic rings. The van der Waals surface area contributed by atoms with Crippen LogP contribution in [0.25, 0.3) is 0 Å². The highest BCUT2D eigenvalue weighted by Gasteiger charge is 2.54. The van der Waals surface area contributed by atoms with Crippen molar-refractivity contribution in [2.24, 2.45) is 5.92 Å². The number of piperidine rings is 1. The van der Waals surface area contributed by atoms with Crippen LogP contribution in [-0.4, -0.2) is 58.7 Å². The molecule has 2 unspecified atom stereocenters. The third-order valence-electron chi connectivity index (χ3n) is 7.73. The maximum Gasteiger partial charge on any atom is 0.410 e. The number of aliphatic hydroxyl groups is 1. The molecule has 1 N–H and O–H groups in total. The van der Waals surface area contributed by atoms with E-state index >= 15 is 0 Å². The van der Waals surface area contributed by atoms with Crippen molar-refractivity contribution in [2.45, 2.75) is 95.8 Å². The van der Waals surface area contributed by atoms with Gasteiger partial charge in [-0.1, -0.05) is 69.4 Å². The summed E-state index contributed by atoms with van der Waals surface area (Å²) < 4.78 is 11.9. The molecule has 1 spiro atoms. The van der Waals surface area contributed by atoms with Crippen molar-refractivity contribution in [3.05, 3.63) is 35.9 Å². The first kappa shape index (κ1) is 23.5. The van der Waals surface area contributed by atoms with E-state index in [9.17, 15) is 9.90 Å². The Balaban J connectivity index is 1.36. The highest BCUT2D eigenvalue weighted by Crippen LogP contribution is 2.43. The SMILES string of the molecule is CCCCC1N(CC2CCCCC2)C(O)OC12CCN(C(=O)OCc1ccccc1)CC2. The van der Waals surface area contributed by atoms with Gasteiger partial charge >= 0.3 is 6.09 Å². The van der Waals surface area contributed by atoms with Gasteiger partial charge in [-0.3, -0.25) is 0 Å². The summed E-state index contributed by atoms with van der Waals surface area (Å²) in [7, 11) is 0. The van der Waals surface area contributed by atoms with Gasteiger partial charge in [0.15, 0.2) is 0 Å². The molecular formula is C26H40N2O4. The smallest absolute Gasteiger partial charge is 0.410 e. The number of carbonyl (C=O) groups is 1. The molecule has 1 saturated carbocycles. The Labute approximate surface area is 192 Å². The fourth-order valence-electron chi connectivity index (χ4n) is 5.85. The minimum absolute atomic E-state index is 0.224. The van der Waals surface area contributed by atoms with E-state index in [2.05, 4.69) is 11.8 Å². The van der Waals surface area contributed by atoms with Crippen molar-refractivity contribution in [1.29, 1.82) is 0 Å². The molecule has 2 aliphatic heterocycles. The van der Waals surface area contributed by atoms with Gasteiger partial charge in [-0.25, -0.2) is 9.69 Å². The quantitative estimate of drug-likeness (QED) is 0.648. The zero-order valence-corrected chi connectivity index (χ0v) is 19.6. The van der Waals surface area contributed by atoms with Crippen molar-refractivity contribution in [1.82, 2.24) is 9.80 Å². The van der Waals surface area contributed by atoms with E-state index in [0.717, 1.165) is 44.2 Å². The second kappa shape index (κ2) is 11.0. The van der Waals surface area contributed by atoms with Gasteiger partial charge in [-0.05, 0) is 43.6 Å². The molecule has 2 heterocycles. The summed E-state index contributed by atoms with van der Waals surface area (Å²) in [4.78, 5) is 16.7. The Hall–Kier alpha value is -1.63. The van der Waals surface area contributed by atoms with Crippen LogP contribution < -0.4 is 0 Å². The molecule has 3 fully saturated rings. The number of aliphatic hydroxyl groups excluding tert-OH is 1. The fraction of sp³-hybridized carbons (Fsp3) is 0.731. The van der Waals surface area contributed by atoms with Crippen LogP contribution in [0.4, 0.5) is 4.79 Å². The summed E-state index contributed by atoms with van der Waals surface area (Å²) in [5.41, 5.74) is 0.633. The van der Waals surface area contributed by atoms with E-state index < -0.39 is 6.41 Å². The van der Waals surface area contributed by atoms with E-state index in [1.165, 1.54) is 32.1 Å². The van der Waals surface area contributed by atoms with Crippen LogP contribution in [0.5, 0.6) is 0 Å². The predicted molar refractivity (Wildman–Crippen MR) is 124 cm³/mol. The third kappa shape index (κ3) is 5.46. The second-order valence-electron chi connectivity index (χ2n) is 9.89. The minimum atomic E-state index is -0.824. The summed E-state index contributed by atoms with van der Waals surface area (Å²) >= 11 is 0. The lowest BCUT2D eigenvalue weighted by molar-refractivity contribution is -0.186. The number of hydrogen-bond acceptors (Lipinski definition) is 5. The van der Waals surface area contributed by atoms with Crippen molar-refractivity contribution in [2.75, 3.05) is 19.6 Å². The maximum atomic E-state index is 12.6. The molecule has 3 aliphatic rings. The molecule has 1 aromatic carbocycles. The average Bonchev–Trinajstić information content (AvgIpc) is 3.07. The lowest BCUT2D eigenvalue weighted by atomic mass is 9.81. The van der Waals surface area contributed by atoms with Crippen LogP contribution in [0.3, 0.4) is 0 Å². The van der Waals surface area contributed by atoms with Gasteiger partial charge in [0, 0.05) is 25.7 Å². The number of likely N-dealkylation sites (tertiary alicyclic amines) is 1. The first-order chi connectivity index (χ1) is 15.6. The first-order valence-electron chi connectivity index (χ1n) is 12.7. The van der Waals surface area contributed by atoms with Gasteiger partial charge < -0.3 is 19.5 Å². The van der Waals surface area contributed by atoms with Gasteiger partial charge in [0.25, 0.3) is 0 Å². The monoisotopic (exact) mass is 444 g/mol. The third-order valence-corrected chi connectivity index (χ3v) is 7.73. The average molecular weight is 445 g/mol. The predicted octanol–water partition coefficient (Wildman–Crippen LogP) is 4.91. The normalized spacial score (nSPS) is 26.5. The van der Waals surface area contributed by atoms with Gasteiger partial charge in [0.2, 0.25) is 6.41 Å². The van der Waals surface area contributed by atoms with E-state index in [4.69, 9.17) is 9.47 Å². The van der Waals surface area contributed by atoms with Crippen LogP contribution in [-0.2, 0) is 16.1 Å². The zero-order valence-electron chi connectivity index (χ0n) is 19.6. The molecule has 32 heavy (non-hydrogen) atoms. The molecule has 1 aliphatic carbocycles. The number of benzene rings is 1.